The number of fused-ring (bicyclic) bond motifs is 1. The van der Waals surface area contributed by atoms with Crippen molar-refractivity contribution in [1.29, 1.82) is 0 Å². The Bertz CT molecular complexity index is 1470. The standard InChI is InChI=1S/C26H31F5N6O4S/c1-15-10-20(34-24(32-15)36-6-3-26(30,31)4-7-36)33-22(39)21-18(27)11-17(35-42(40,41)9-8-38)12-19(21)37-5-2-25(23(28)29)13-16(25)14-37/h10-12,16,23,35,38H,2-9,13-14H2,1H3,(H,32,33,34,39)/t16-,25+/m1/s1. The number of nitrogens with zero attached hydrogens (tertiary/aromatic N) is 4. The predicted octanol–water partition coefficient (Wildman–Crippen LogP) is 3.63. The average Bonchev–Trinajstić information content (AvgIpc) is 3.63. The number of aliphatic hydroxyl groups is 1. The number of rotatable bonds is 9. The van der Waals surface area contributed by atoms with E-state index in [2.05, 4.69) is 20.0 Å². The Morgan fingerprint density at radius 3 is 2.45 bits per heavy atom. The van der Waals surface area contributed by atoms with E-state index in [1.54, 1.807) is 16.7 Å². The zero-order valence-corrected chi connectivity index (χ0v) is 23.5. The zero-order chi connectivity index (χ0) is 30.4. The third kappa shape index (κ3) is 6.23. The number of carbonyl (C=O) groups is 1. The van der Waals surface area contributed by atoms with Crippen LogP contribution in [0.3, 0.4) is 0 Å². The maximum Gasteiger partial charge on any atom is 0.261 e. The molecular weight excluding hydrogens is 587 g/mol. The molecule has 1 aliphatic carbocycles. The van der Waals surface area contributed by atoms with Gasteiger partial charge in [-0.1, -0.05) is 0 Å². The van der Waals surface area contributed by atoms with Gasteiger partial charge in [0.25, 0.3) is 11.8 Å². The molecular formula is C26H31F5N6O4S. The number of aliphatic hydroxyl groups excluding tert-OH is 1. The number of piperidine rings is 2. The van der Waals surface area contributed by atoms with Crippen LogP contribution in [0.2, 0.25) is 0 Å². The van der Waals surface area contributed by atoms with Crippen LogP contribution in [-0.2, 0) is 10.0 Å². The number of hydrogen-bond donors (Lipinski definition) is 3. The average molecular weight is 619 g/mol. The summed E-state index contributed by atoms with van der Waals surface area (Å²) in [6.45, 7) is 1.17. The van der Waals surface area contributed by atoms with Crippen molar-refractivity contribution in [2.75, 3.05) is 58.4 Å². The van der Waals surface area contributed by atoms with Crippen LogP contribution < -0.4 is 19.8 Å². The van der Waals surface area contributed by atoms with Crippen molar-refractivity contribution in [3.8, 4) is 0 Å². The Kier molecular flexibility index (Phi) is 7.98. The van der Waals surface area contributed by atoms with E-state index in [0.717, 1.165) is 6.07 Å². The fourth-order valence-electron chi connectivity index (χ4n) is 5.70. The summed E-state index contributed by atoms with van der Waals surface area (Å²) in [7, 11) is -4.04. The Balaban J connectivity index is 1.44. The molecule has 0 spiro atoms. The normalized spacial score (nSPS) is 23.5. The zero-order valence-electron chi connectivity index (χ0n) is 22.7. The van der Waals surface area contributed by atoms with Crippen LogP contribution in [0.15, 0.2) is 18.2 Å². The first-order valence-electron chi connectivity index (χ1n) is 13.5. The first-order valence-corrected chi connectivity index (χ1v) is 15.1. The van der Waals surface area contributed by atoms with E-state index in [1.807, 2.05) is 0 Å². The van der Waals surface area contributed by atoms with Crippen LogP contribution in [0, 0.1) is 24.1 Å². The number of halogens is 5. The molecule has 1 amide bonds. The number of aromatic nitrogens is 2. The molecule has 2 saturated heterocycles. The molecule has 16 heteroatoms. The molecule has 3 heterocycles. The molecule has 0 radical (unpaired) electrons. The van der Waals surface area contributed by atoms with E-state index >= 15 is 4.39 Å². The quantitative estimate of drug-likeness (QED) is 0.364. The van der Waals surface area contributed by atoms with Crippen molar-refractivity contribution >= 4 is 39.1 Å². The lowest BCUT2D eigenvalue weighted by atomic mass is 9.94. The van der Waals surface area contributed by atoms with Crippen molar-refractivity contribution < 1.29 is 40.3 Å². The fourth-order valence-corrected chi connectivity index (χ4v) is 6.51. The van der Waals surface area contributed by atoms with Gasteiger partial charge in [-0.2, -0.15) is 4.98 Å². The first kappa shape index (κ1) is 30.2. The third-order valence-corrected chi connectivity index (χ3v) is 9.40. The molecule has 3 N–H and O–H groups in total. The third-order valence-electron chi connectivity index (χ3n) is 8.13. The first-order chi connectivity index (χ1) is 19.7. The minimum Gasteiger partial charge on any atom is -0.395 e. The van der Waals surface area contributed by atoms with Gasteiger partial charge in [0, 0.05) is 56.2 Å². The molecule has 3 fully saturated rings. The Labute approximate surface area is 239 Å². The highest BCUT2D eigenvalue weighted by Gasteiger charge is 2.62. The lowest BCUT2D eigenvalue weighted by Gasteiger charge is -2.34. The highest BCUT2D eigenvalue weighted by Crippen LogP contribution is 2.62. The second kappa shape index (κ2) is 11.1. The van der Waals surface area contributed by atoms with Gasteiger partial charge in [0.1, 0.15) is 11.6 Å². The summed E-state index contributed by atoms with van der Waals surface area (Å²) in [6.07, 6.45) is -2.86. The number of benzene rings is 1. The van der Waals surface area contributed by atoms with E-state index in [-0.39, 0.29) is 74.5 Å². The number of aryl methyl sites for hydroxylation is 1. The van der Waals surface area contributed by atoms with Gasteiger partial charge in [-0.05, 0) is 37.8 Å². The second-order valence-corrected chi connectivity index (χ2v) is 13.0. The maximum atomic E-state index is 15.6. The number of sulfonamides is 1. The van der Waals surface area contributed by atoms with Crippen molar-refractivity contribution in [3.05, 3.63) is 35.3 Å². The molecule has 1 aromatic carbocycles. The monoisotopic (exact) mass is 618 g/mol. The van der Waals surface area contributed by atoms with Crippen LogP contribution in [0.1, 0.15) is 41.7 Å². The molecule has 0 bridgehead atoms. The summed E-state index contributed by atoms with van der Waals surface area (Å²) in [4.78, 5) is 25.2. The van der Waals surface area contributed by atoms with Gasteiger partial charge in [0.2, 0.25) is 22.4 Å². The van der Waals surface area contributed by atoms with Gasteiger partial charge in [-0.15, -0.1) is 0 Å². The summed E-state index contributed by atoms with van der Waals surface area (Å²) in [5.41, 5.74) is -1.31. The molecule has 2 aliphatic heterocycles. The van der Waals surface area contributed by atoms with Crippen LogP contribution in [0.4, 0.5) is 45.1 Å². The number of amides is 1. The van der Waals surface area contributed by atoms with Gasteiger partial charge in [0.15, 0.2) is 0 Å². The molecule has 42 heavy (non-hydrogen) atoms. The lowest BCUT2D eigenvalue weighted by Crippen LogP contribution is -2.40. The van der Waals surface area contributed by atoms with E-state index in [1.165, 1.54) is 12.1 Å². The second-order valence-electron chi connectivity index (χ2n) is 11.1. The van der Waals surface area contributed by atoms with Crippen LogP contribution in [-0.4, -0.2) is 80.3 Å². The molecule has 1 aromatic heterocycles. The number of nitrogens with one attached hydrogen (secondary N) is 2. The molecule has 230 valence electrons. The fraction of sp³-hybridized carbons (Fsp3) is 0.577. The molecule has 1 saturated carbocycles. The molecule has 0 unspecified atom stereocenters. The van der Waals surface area contributed by atoms with Gasteiger partial charge in [0.05, 0.1) is 29.3 Å². The minimum atomic E-state index is -4.04. The number of anilines is 4. The maximum absolute atomic E-state index is 15.6. The van der Waals surface area contributed by atoms with Crippen LogP contribution >= 0.6 is 0 Å². The molecule has 2 aromatic rings. The molecule has 5 rings (SSSR count). The lowest BCUT2D eigenvalue weighted by molar-refractivity contribution is -0.0222. The number of carbonyl (C=O) groups excluding carboxylic acids is 1. The largest absolute Gasteiger partial charge is 0.395 e. The summed E-state index contributed by atoms with van der Waals surface area (Å²) in [5, 5.41) is 11.6. The van der Waals surface area contributed by atoms with Gasteiger partial charge in [-0.3, -0.25) is 9.52 Å². The molecule has 10 nitrogen and oxygen atoms in total. The molecule has 3 aliphatic rings. The Morgan fingerprint density at radius 1 is 1.12 bits per heavy atom. The summed E-state index contributed by atoms with van der Waals surface area (Å²) in [5.74, 6) is -5.67. The summed E-state index contributed by atoms with van der Waals surface area (Å²) >= 11 is 0. The smallest absolute Gasteiger partial charge is 0.261 e. The van der Waals surface area contributed by atoms with E-state index in [0.29, 0.717) is 12.1 Å². The topological polar surface area (TPSA) is 128 Å². The number of alkyl halides is 4. The van der Waals surface area contributed by atoms with Crippen LogP contribution in [0.25, 0.3) is 0 Å². The minimum absolute atomic E-state index is 0.00420. The van der Waals surface area contributed by atoms with E-state index in [4.69, 9.17) is 5.11 Å². The predicted molar refractivity (Wildman–Crippen MR) is 145 cm³/mol. The summed E-state index contributed by atoms with van der Waals surface area (Å²) < 4.78 is 96.8. The van der Waals surface area contributed by atoms with Gasteiger partial charge >= 0.3 is 0 Å². The highest BCUT2D eigenvalue weighted by molar-refractivity contribution is 7.92. The van der Waals surface area contributed by atoms with E-state index < -0.39 is 57.4 Å². The van der Waals surface area contributed by atoms with Crippen molar-refractivity contribution in [3.63, 3.8) is 0 Å². The van der Waals surface area contributed by atoms with Crippen molar-refractivity contribution in [1.82, 2.24) is 9.97 Å². The Morgan fingerprint density at radius 2 is 1.81 bits per heavy atom. The van der Waals surface area contributed by atoms with Gasteiger partial charge in [-0.25, -0.2) is 35.4 Å². The van der Waals surface area contributed by atoms with Crippen LogP contribution in [0.5, 0.6) is 0 Å². The number of hydrogen-bond acceptors (Lipinski definition) is 8. The van der Waals surface area contributed by atoms with Gasteiger partial charge < -0.3 is 20.2 Å². The molecule has 2 atom stereocenters. The van der Waals surface area contributed by atoms with E-state index in [9.17, 15) is 30.8 Å². The SMILES string of the molecule is Cc1cc(NC(=O)c2c(F)cc(NS(=O)(=O)CCO)cc2N2CC[C@]3(C(F)F)C[C@@H]3C2)nc(N2CCC(F)(F)CC2)n1. The van der Waals surface area contributed by atoms with Crippen molar-refractivity contribution in [2.45, 2.75) is 45.0 Å². The van der Waals surface area contributed by atoms with Crippen molar-refractivity contribution in [2.24, 2.45) is 11.3 Å². The summed E-state index contributed by atoms with van der Waals surface area (Å²) in [6, 6.07) is 3.51. The highest BCUT2D eigenvalue weighted by atomic mass is 32.2. The Hall–Kier alpha value is -3.27.